The van der Waals surface area contributed by atoms with Crippen molar-refractivity contribution in [2.45, 2.75) is 45.4 Å². The fraction of sp³-hybridized carbons (Fsp3) is 0.923. The molecule has 1 fully saturated rings. The van der Waals surface area contributed by atoms with Crippen molar-refractivity contribution >= 4 is 17.7 Å². The molecular weight excluding hydrogens is 220 g/mol. The highest BCUT2D eigenvalue weighted by Crippen LogP contribution is 2.27. The molecule has 0 aliphatic heterocycles. The van der Waals surface area contributed by atoms with Gasteiger partial charge in [-0.05, 0) is 18.1 Å². The molecule has 1 rings (SSSR count). The summed E-state index contributed by atoms with van der Waals surface area (Å²) in [5.74, 6) is 3.02. The van der Waals surface area contributed by atoms with Crippen LogP contribution in [0.3, 0.4) is 0 Å². The second-order valence-electron chi connectivity index (χ2n) is 4.79. The van der Waals surface area contributed by atoms with Gasteiger partial charge in [0.2, 0.25) is 0 Å². The minimum absolute atomic E-state index is 0.0429. The monoisotopic (exact) mass is 244 g/mol. The van der Waals surface area contributed by atoms with E-state index in [1.807, 2.05) is 18.7 Å². The Labute approximate surface area is 104 Å². The van der Waals surface area contributed by atoms with Crippen LogP contribution < -0.4 is 0 Å². The maximum atomic E-state index is 11.2. The molecule has 0 bridgehead atoms. The summed E-state index contributed by atoms with van der Waals surface area (Å²) in [6.45, 7) is 1.94. The zero-order chi connectivity index (χ0) is 11.8. The van der Waals surface area contributed by atoms with Gasteiger partial charge >= 0.3 is 5.97 Å². The average molecular weight is 244 g/mol. The number of methoxy groups -OCH3 is 1. The number of esters is 1. The number of hydrogen-bond donors (Lipinski definition) is 0. The smallest absolute Gasteiger partial charge is 0.309 e. The molecule has 94 valence electrons. The molecule has 0 amide bonds. The third kappa shape index (κ3) is 5.24. The van der Waals surface area contributed by atoms with E-state index < -0.39 is 0 Å². The molecular formula is C13H24O2S. The minimum Gasteiger partial charge on any atom is -0.469 e. The minimum atomic E-state index is -0.0785. The third-order valence-corrected chi connectivity index (χ3v) is 4.63. The maximum absolute atomic E-state index is 11.2. The molecule has 1 atom stereocenters. The largest absolute Gasteiger partial charge is 0.469 e. The van der Waals surface area contributed by atoms with E-state index in [0.717, 1.165) is 11.7 Å². The van der Waals surface area contributed by atoms with Crippen molar-refractivity contribution in [1.82, 2.24) is 0 Å². The lowest BCUT2D eigenvalue weighted by Crippen LogP contribution is -2.15. The van der Waals surface area contributed by atoms with Gasteiger partial charge in [0, 0.05) is 5.75 Å². The highest BCUT2D eigenvalue weighted by molar-refractivity contribution is 7.99. The molecule has 1 saturated carbocycles. The van der Waals surface area contributed by atoms with E-state index in [1.54, 1.807) is 0 Å². The SMILES string of the molecule is COC(=O)C(C)CSCCC1CCCCC1. The van der Waals surface area contributed by atoms with Crippen LogP contribution in [-0.4, -0.2) is 24.6 Å². The standard InChI is InChI=1S/C13H24O2S/c1-11(13(14)15-2)10-16-9-8-12-6-4-3-5-7-12/h11-12H,3-10H2,1-2H3. The summed E-state index contributed by atoms with van der Waals surface area (Å²) in [6, 6.07) is 0. The molecule has 1 aliphatic rings. The van der Waals surface area contributed by atoms with Gasteiger partial charge in [-0.3, -0.25) is 4.79 Å². The van der Waals surface area contributed by atoms with Crippen LogP contribution in [-0.2, 0) is 9.53 Å². The van der Waals surface area contributed by atoms with Crippen LogP contribution in [0.4, 0.5) is 0 Å². The van der Waals surface area contributed by atoms with Gasteiger partial charge in [-0.1, -0.05) is 39.0 Å². The van der Waals surface area contributed by atoms with Gasteiger partial charge in [0.05, 0.1) is 13.0 Å². The molecule has 0 radical (unpaired) electrons. The Morgan fingerprint density at radius 1 is 1.38 bits per heavy atom. The first-order valence-corrected chi connectivity index (χ1v) is 7.55. The van der Waals surface area contributed by atoms with Gasteiger partial charge in [0.15, 0.2) is 0 Å². The Balaban J connectivity index is 2.00. The third-order valence-electron chi connectivity index (χ3n) is 3.37. The molecule has 0 spiro atoms. The molecule has 0 aromatic rings. The number of thioether (sulfide) groups is 1. The normalized spacial score (nSPS) is 19.4. The first-order chi connectivity index (χ1) is 7.74. The summed E-state index contributed by atoms with van der Waals surface area (Å²) in [7, 11) is 1.46. The van der Waals surface area contributed by atoms with Gasteiger partial charge in [-0.2, -0.15) is 11.8 Å². The predicted octanol–water partition coefficient (Wildman–Crippen LogP) is 3.50. The van der Waals surface area contributed by atoms with Crippen molar-refractivity contribution in [2.75, 3.05) is 18.6 Å². The quantitative estimate of drug-likeness (QED) is 0.528. The van der Waals surface area contributed by atoms with E-state index in [-0.39, 0.29) is 11.9 Å². The first kappa shape index (κ1) is 13.9. The lowest BCUT2D eigenvalue weighted by Gasteiger charge is -2.21. The zero-order valence-corrected chi connectivity index (χ0v) is 11.4. The van der Waals surface area contributed by atoms with Crippen molar-refractivity contribution in [2.24, 2.45) is 11.8 Å². The molecule has 0 heterocycles. The summed E-state index contributed by atoms with van der Waals surface area (Å²) in [6.07, 6.45) is 8.46. The molecule has 0 aromatic carbocycles. The maximum Gasteiger partial charge on any atom is 0.309 e. The van der Waals surface area contributed by atoms with Crippen LogP contribution in [0, 0.1) is 11.8 Å². The van der Waals surface area contributed by atoms with Crippen LogP contribution in [0.15, 0.2) is 0 Å². The number of rotatable bonds is 6. The van der Waals surface area contributed by atoms with Gasteiger partial charge in [0.1, 0.15) is 0 Å². The number of hydrogen-bond acceptors (Lipinski definition) is 3. The molecule has 1 unspecified atom stereocenters. The molecule has 0 saturated heterocycles. The Bertz CT molecular complexity index is 200. The van der Waals surface area contributed by atoms with Crippen molar-refractivity contribution < 1.29 is 9.53 Å². The Morgan fingerprint density at radius 3 is 2.69 bits per heavy atom. The molecule has 1 aliphatic carbocycles. The lowest BCUT2D eigenvalue weighted by molar-refractivity contribution is -0.143. The fourth-order valence-electron chi connectivity index (χ4n) is 2.26. The van der Waals surface area contributed by atoms with Crippen molar-refractivity contribution in [3.8, 4) is 0 Å². The van der Waals surface area contributed by atoms with Gasteiger partial charge < -0.3 is 4.74 Å². The summed E-state index contributed by atoms with van der Waals surface area (Å²) >= 11 is 1.90. The fourth-order valence-corrected chi connectivity index (χ4v) is 3.41. The predicted molar refractivity (Wildman–Crippen MR) is 69.7 cm³/mol. The first-order valence-electron chi connectivity index (χ1n) is 6.39. The molecule has 0 N–H and O–H groups in total. The summed E-state index contributed by atoms with van der Waals surface area (Å²) < 4.78 is 4.71. The molecule has 16 heavy (non-hydrogen) atoms. The summed E-state index contributed by atoms with van der Waals surface area (Å²) in [4.78, 5) is 11.2. The van der Waals surface area contributed by atoms with Crippen molar-refractivity contribution in [1.29, 1.82) is 0 Å². The molecule has 0 aromatic heterocycles. The van der Waals surface area contributed by atoms with Gasteiger partial charge in [-0.15, -0.1) is 0 Å². The van der Waals surface area contributed by atoms with Gasteiger partial charge in [0.25, 0.3) is 0 Å². The Hall–Kier alpha value is -0.180. The molecule has 2 nitrogen and oxygen atoms in total. The van der Waals surface area contributed by atoms with Crippen LogP contribution in [0.25, 0.3) is 0 Å². The van der Waals surface area contributed by atoms with E-state index in [9.17, 15) is 4.79 Å². The summed E-state index contributed by atoms with van der Waals surface area (Å²) in [5, 5.41) is 0. The molecule has 3 heteroatoms. The Morgan fingerprint density at radius 2 is 2.06 bits per heavy atom. The number of ether oxygens (including phenoxy) is 1. The lowest BCUT2D eigenvalue weighted by atomic mass is 9.88. The number of carbonyl (C=O) groups excluding carboxylic acids is 1. The highest BCUT2D eigenvalue weighted by Gasteiger charge is 2.15. The second-order valence-corrected chi connectivity index (χ2v) is 5.94. The van der Waals surface area contributed by atoms with Crippen LogP contribution in [0.5, 0.6) is 0 Å². The second kappa shape index (κ2) is 7.99. The zero-order valence-electron chi connectivity index (χ0n) is 10.5. The highest BCUT2D eigenvalue weighted by atomic mass is 32.2. The van der Waals surface area contributed by atoms with E-state index in [0.29, 0.717) is 0 Å². The average Bonchev–Trinajstić information content (AvgIpc) is 2.34. The van der Waals surface area contributed by atoms with E-state index in [2.05, 4.69) is 0 Å². The van der Waals surface area contributed by atoms with Crippen LogP contribution >= 0.6 is 11.8 Å². The van der Waals surface area contributed by atoms with Crippen molar-refractivity contribution in [3.05, 3.63) is 0 Å². The summed E-state index contributed by atoms with van der Waals surface area (Å²) in [5.41, 5.74) is 0. The van der Waals surface area contributed by atoms with Gasteiger partial charge in [-0.25, -0.2) is 0 Å². The Kier molecular flexibility index (Phi) is 6.93. The number of carbonyl (C=O) groups is 1. The van der Waals surface area contributed by atoms with E-state index >= 15 is 0 Å². The van der Waals surface area contributed by atoms with E-state index in [4.69, 9.17) is 4.74 Å². The van der Waals surface area contributed by atoms with E-state index in [1.165, 1.54) is 51.4 Å². The topological polar surface area (TPSA) is 26.3 Å². The van der Waals surface area contributed by atoms with Crippen LogP contribution in [0.1, 0.15) is 45.4 Å². The van der Waals surface area contributed by atoms with Crippen molar-refractivity contribution in [3.63, 3.8) is 0 Å². The van der Waals surface area contributed by atoms with Crippen LogP contribution in [0.2, 0.25) is 0 Å².